The molecule has 2 aromatic rings. The predicted octanol–water partition coefficient (Wildman–Crippen LogP) is 4.70. The molecule has 0 aromatic heterocycles. The Morgan fingerprint density at radius 3 is 2.37 bits per heavy atom. The lowest BCUT2D eigenvalue weighted by Crippen LogP contribution is -2.38. The molecule has 0 saturated heterocycles. The first-order chi connectivity index (χ1) is 14.3. The fourth-order valence-electron chi connectivity index (χ4n) is 3.55. The van der Waals surface area contributed by atoms with Crippen molar-refractivity contribution in [1.82, 2.24) is 4.31 Å². The average molecular weight is 451 g/mol. The van der Waals surface area contributed by atoms with Gasteiger partial charge in [-0.2, -0.15) is 4.31 Å². The van der Waals surface area contributed by atoms with E-state index in [-0.39, 0.29) is 16.8 Å². The van der Waals surface area contributed by atoms with Crippen LogP contribution in [-0.4, -0.2) is 37.8 Å². The molecule has 1 unspecified atom stereocenters. The molecular formula is C22H27ClN2O4S. The number of amides is 1. The van der Waals surface area contributed by atoms with Crippen LogP contribution in [0.15, 0.2) is 53.4 Å². The maximum absolute atomic E-state index is 12.9. The van der Waals surface area contributed by atoms with Crippen LogP contribution in [0.2, 0.25) is 5.02 Å². The second-order valence-electron chi connectivity index (χ2n) is 7.52. The molecule has 1 aliphatic carbocycles. The topological polar surface area (TPSA) is 75.7 Å². The van der Waals surface area contributed by atoms with Gasteiger partial charge in [0.25, 0.3) is 5.91 Å². The summed E-state index contributed by atoms with van der Waals surface area (Å²) in [5.41, 5.74) is 0.494. The zero-order valence-corrected chi connectivity index (χ0v) is 18.7. The molecule has 1 atom stereocenters. The average Bonchev–Trinajstić information content (AvgIpc) is 2.75. The first-order valence-corrected chi connectivity index (χ1v) is 11.9. The molecule has 2 aromatic carbocycles. The third-order valence-electron chi connectivity index (χ3n) is 5.40. The minimum atomic E-state index is -3.56. The van der Waals surface area contributed by atoms with Crippen molar-refractivity contribution in [1.29, 1.82) is 0 Å². The van der Waals surface area contributed by atoms with E-state index in [2.05, 4.69) is 5.32 Å². The maximum atomic E-state index is 12.9. The van der Waals surface area contributed by atoms with Gasteiger partial charge in [0.15, 0.2) is 6.10 Å². The second-order valence-corrected chi connectivity index (χ2v) is 9.92. The molecule has 1 N–H and O–H groups in total. The molecular weight excluding hydrogens is 424 g/mol. The van der Waals surface area contributed by atoms with E-state index >= 15 is 0 Å². The van der Waals surface area contributed by atoms with E-state index in [9.17, 15) is 13.2 Å². The maximum Gasteiger partial charge on any atom is 0.265 e. The number of carbonyl (C=O) groups excluding carboxylic acids is 1. The standard InChI is InChI=1S/C22H27ClN2O4S/c1-16(29-21-11-7-6-10-20(21)23)22(26)24-17-12-14-19(15-13-17)30(27,28)25(2)18-8-4-3-5-9-18/h6-7,10-16,18H,3-5,8-9H2,1-2H3,(H,24,26). The number of carbonyl (C=O) groups is 1. The number of hydrogen-bond donors (Lipinski definition) is 1. The zero-order valence-electron chi connectivity index (χ0n) is 17.2. The van der Waals surface area contributed by atoms with Gasteiger partial charge in [-0.05, 0) is 56.2 Å². The molecule has 1 amide bonds. The Labute approximate surface area is 183 Å². The number of halogens is 1. The van der Waals surface area contributed by atoms with Gasteiger partial charge in [-0.3, -0.25) is 4.79 Å². The minimum absolute atomic E-state index is 0.0472. The Morgan fingerprint density at radius 2 is 1.73 bits per heavy atom. The highest BCUT2D eigenvalue weighted by Gasteiger charge is 2.29. The Morgan fingerprint density at radius 1 is 1.10 bits per heavy atom. The van der Waals surface area contributed by atoms with E-state index in [4.69, 9.17) is 16.3 Å². The summed E-state index contributed by atoms with van der Waals surface area (Å²) in [6, 6.07) is 13.2. The smallest absolute Gasteiger partial charge is 0.265 e. The summed E-state index contributed by atoms with van der Waals surface area (Å²) < 4.78 is 32.9. The van der Waals surface area contributed by atoms with Crippen molar-refractivity contribution in [2.24, 2.45) is 0 Å². The van der Waals surface area contributed by atoms with Gasteiger partial charge in [-0.25, -0.2) is 8.42 Å². The summed E-state index contributed by atoms with van der Waals surface area (Å²) >= 11 is 6.06. The van der Waals surface area contributed by atoms with Crippen LogP contribution in [0.4, 0.5) is 5.69 Å². The summed E-state index contributed by atoms with van der Waals surface area (Å²) in [4.78, 5) is 12.6. The molecule has 3 rings (SSSR count). The fourth-order valence-corrected chi connectivity index (χ4v) is 5.14. The predicted molar refractivity (Wildman–Crippen MR) is 118 cm³/mol. The Hall–Kier alpha value is -2.09. The van der Waals surface area contributed by atoms with Crippen molar-refractivity contribution < 1.29 is 17.9 Å². The molecule has 0 bridgehead atoms. The summed E-state index contributed by atoms with van der Waals surface area (Å²) in [5.74, 6) is 0.0684. The van der Waals surface area contributed by atoms with Crippen molar-refractivity contribution in [3.63, 3.8) is 0 Å². The first kappa shape index (κ1) is 22.6. The van der Waals surface area contributed by atoms with E-state index in [0.717, 1.165) is 32.1 Å². The van der Waals surface area contributed by atoms with Crippen molar-refractivity contribution in [2.75, 3.05) is 12.4 Å². The van der Waals surface area contributed by atoms with Crippen LogP contribution in [0.5, 0.6) is 5.75 Å². The SMILES string of the molecule is CC(Oc1ccccc1Cl)C(=O)Nc1ccc(S(=O)(=O)N(C)C2CCCCC2)cc1. The van der Waals surface area contributed by atoms with Crippen molar-refractivity contribution in [2.45, 2.75) is 56.1 Å². The molecule has 0 aliphatic heterocycles. The van der Waals surface area contributed by atoms with E-state index in [1.54, 1.807) is 50.4 Å². The normalized spacial score (nSPS) is 16.3. The molecule has 0 radical (unpaired) electrons. The van der Waals surface area contributed by atoms with Gasteiger partial charge in [0.05, 0.1) is 9.92 Å². The van der Waals surface area contributed by atoms with Gasteiger partial charge in [-0.1, -0.05) is 43.0 Å². The van der Waals surface area contributed by atoms with Crippen molar-refractivity contribution in [3.05, 3.63) is 53.6 Å². The lowest BCUT2D eigenvalue weighted by molar-refractivity contribution is -0.122. The number of benzene rings is 2. The molecule has 1 aliphatic rings. The summed E-state index contributed by atoms with van der Waals surface area (Å²) in [5, 5.41) is 3.16. The van der Waals surface area contributed by atoms with E-state index in [1.165, 1.54) is 16.4 Å². The molecule has 0 heterocycles. The second kappa shape index (κ2) is 9.81. The first-order valence-electron chi connectivity index (χ1n) is 10.1. The van der Waals surface area contributed by atoms with E-state index < -0.39 is 16.1 Å². The number of rotatable bonds is 7. The molecule has 6 nitrogen and oxygen atoms in total. The third-order valence-corrected chi connectivity index (χ3v) is 7.63. The Balaban J connectivity index is 1.63. The fraction of sp³-hybridized carbons (Fsp3) is 0.409. The Kier molecular flexibility index (Phi) is 7.39. The minimum Gasteiger partial charge on any atom is -0.479 e. The highest BCUT2D eigenvalue weighted by atomic mass is 35.5. The van der Waals surface area contributed by atoms with Gasteiger partial charge in [0.1, 0.15) is 5.75 Å². The number of nitrogens with one attached hydrogen (secondary N) is 1. The highest BCUT2D eigenvalue weighted by molar-refractivity contribution is 7.89. The van der Waals surface area contributed by atoms with Crippen molar-refractivity contribution >= 4 is 33.2 Å². The highest BCUT2D eigenvalue weighted by Crippen LogP contribution is 2.27. The lowest BCUT2D eigenvalue weighted by Gasteiger charge is -2.30. The third kappa shape index (κ3) is 5.33. The van der Waals surface area contributed by atoms with Gasteiger partial charge >= 0.3 is 0 Å². The number of nitrogens with zero attached hydrogens (tertiary/aromatic N) is 1. The van der Waals surface area contributed by atoms with Crippen LogP contribution >= 0.6 is 11.6 Å². The largest absolute Gasteiger partial charge is 0.479 e. The number of sulfonamides is 1. The molecule has 1 fully saturated rings. The van der Waals surface area contributed by atoms with Crippen LogP contribution in [0.3, 0.4) is 0 Å². The number of anilines is 1. The van der Waals surface area contributed by atoms with E-state index in [1.807, 2.05) is 0 Å². The summed E-state index contributed by atoms with van der Waals surface area (Å²) in [7, 11) is -1.92. The Bertz CT molecular complexity index is 973. The van der Waals surface area contributed by atoms with Crippen LogP contribution in [-0.2, 0) is 14.8 Å². The number of para-hydroxylation sites is 1. The van der Waals surface area contributed by atoms with Crippen LogP contribution < -0.4 is 10.1 Å². The van der Waals surface area contributed by atoms with Gasteiger partial charge in [-0.15, -0.1) is 0 Å². The van der Waals surface area contributed by atoms with Crippen molar-refractivity contribution in [3.8, 4) is 5.75 Å². The molecule has 1 saturated carbocycles. The monoisotopic (exact) mass is 450 g/mol. The van der Waals surface area contributed by atoms with Gasteiger partial charge in [0.2, 0.25) is 10.0 Å². The quantitative estimate of drug-likeness (QED) is 0.663. The molecule has 0 spiro atoms. The van der Waals surface area contributed by atoms with Gasteiger partial charge in [0, 0.05) is 18.8 Å². The lowest BCUT2D eigenvalue weighted by atomic mass is 9.96. The van der Waals surface area contributed by atoms with Gasteiger partial charge < -0.3 is 10.1 Å². The molecule has 30 heavy (non-hydrogen) atoms. The molecule has 8 heteroatoms. The molecule has 162 valence electrons. The summed E-state index contributed by atoms with van der Waals surface area (Å²) in [6.45, 7) is 1.62. The van der Waals surface area contributed by atoms with Crippen LogP contribution in [0.1, 0.15) is 39.0 Å². The van der Waals surface area contributed by atoms with E-state index in [0.29, 0.717) is 16.5 Å². The zero-order chi connectivity index (χ0) is 21.7. The number of hydrogen-bond acceptors (Lipinski definition) is 4. The van der Waals surface area contributed by atoms with Crippen LogP contribution in [0.25, 0.3) is 0 Å². The van der Waals surface area contributed by atoms with Crippen LogP contribution in [0, 0.1) is 0 Å². The summed E-state index contributed by atoms with van der Waals surface area (Å²) in [6.07, 6.45) is 4.30. The number of ether oxygens (including phenoxy) is 1.